The Kier molecular flexibility index (Phi) is 3.01. The largest absolute Gasteiger partial charge is 0.343 e. The number of H-pyrrole nitrogens is 1. The van der Waals surface area contributed by atoms with Gasteiger partial charge in [-0.1, -0.05) is 0 Å². The monoisotopic (exact) mass is 149 g/mol. The summed E-state index contributed by atoms with van der Waals surface area (Å²) in [6, 6.07) is 0. The van der Waals surface area contributed by atoms with E-state index in [0.717, 1.165) is 0 Å². The van der Waals surface area contributed by atoms with E-state index in [-0.39, 0.29) is 18.1 Å². The van der Waals surface area contributed by atoms with Crippen molar-refractivity contribution >= 4 is 12.4 Å². The normalized spacial score (nSPS) is 8.56. The van der Waals surface area contributed by atoms with Gasteiger partial charge in [-0.25, -0.2) is 9.89 Å². The van der Waals surface area contributed by atoms with E-state index in [4.69, 9.17) is 0 Å². The summed E-state index contributed by atoms with van der Waals surface area (Å²) in [5, 5.41) is 5.79. The van der Waals surface area contributed by atoms with E-state index in [2.05, 4.69) is 10.2 Å². The molecule has 1 N–H and O–H groups in total. The number of aromatic amines is 1. The molecule has 0 aliphatic rings. The quantitative estimate of drug-likeness (QED) is 0.612. The van der Waals surface area contributed by atoms with Gasteiger partial charge in [-0.15, -0.1) is 12.4 Å². The first-order chi connectivity index (χ1) is 3.84. The molecule has 1 aromatic rings. The van der Waals surface area contributed by atoms with E-state index in [1.165, 1.54) is 10.9 Å². The second-order valence-electron chi connectivity index (χ2n) is 1.45. The average Bonchev–Trinajstić information content (AvgIpc) is 2.14. The summed E-state index contributed by atoms with van der Waals surface area (Å²) < 4.78 is 1.49. The zero-order chi connectivity index (χ0) is 5.98. The molecule has 5 heteroatoms. The highest BCUT2D eigenvalue weighted by Gasteiger charge is 1.88. The lowest BCUT2D eigenvalue weighted by molar-refractivity contribution is 0.729. The first kappa shape index (κ1) is 8.23. The zero-order valence-electron chi connectivity index (χ0n) is 5.00. The number of nitrogens with zero attached hydrogens (tertiary/aromatic N) is 2. The fraction of sp³-hybridized carbons (Fsp3) is 0.500. The van der Waals surface area contributed by atoms with Gasteiger partial charge in [0.05, 0.1) is 0 Å². The molecule has 52 valence electrons. The van der Waals surface area contributed by atoms with Crippen LogP contribution in [0.3, 0.4) is 0 Å². The van der Waals surface area contributed by atoms with Crippen LogP contribution in [0, 0.1) is 0 Å². The first-order valence-corrected chi connectivity index (χ1v) is 2.44. The van der Waals surface area contributed by atoms with Crippen LogP contribution in [-0.2, 0) is 6.54 Å². The van der Waals surface area contributed by atoms with Crippen molar-refractivity contribution in [2.24, 2.45) is 0 Å². The molecule has 0 radical (unpaired) electrons. The summed E-state index contributed by atoms with van der Waals surface area (Å²) in [5.41, 5.74) is -0.146. The molecular formula is C4H8ClN3O. The molecule has 1 aromatic heterocycles. The van der Waals surface area contributed by atoms with Crippen LogP contribution in [0.4, 0.5) is 0 Å². The minimum atomic E-state index is -0.146. The van der Waals surface area contributed by atoms with E-state index < -0.39 is 0 Å². The van der Waals surface area contributed by atoms with E-state index in [9.17, 15) is 4.79 Å². The lowest BCUT2D eigenvalue weighted by Crippen LogP contribution is -2.14. The molecule has 0 saturated carbocycles. The molecule has 0 amide bonds. The minimum Gasteiger partial charge on any atom is -0.282 e. The smallest absolute Gasteiger partial charge is 0.282 e. The maximum absolute atomic E-state index is 10.5. The summed E-state index contributed by atoms with van der Waals surface area (Å²) in [7, 11) is 0. The van der Waals surface area contributed by atoms with Crippen molar-refractivity contribution in [2.45, 2.75) is 13.5 Å². The van der Waals surface area contributed by atoms with Crippen LogP contribution < -0.4 is 5.69 Å². The molecule has 0 spiro atoms. The van der Waals surface area contributed by atoms with Gasteiger partial charge in [0.2, 0.25) is 0 Å². The minimum absolute atomic E-state index is 0. The van der Waals surface area contributed by atoms with Gasteiger partial charge in [-0.3, -0.25) is 4.57 Å². The van der Waals surface area contributed by atoms with E-state index in [1.54, 1.807) is 0 Å². The molecular weight excluding hydrogens is 142 g/mol. The molecule has 0 aliphatic carbocycles. The third-order valence-corrected chi connectivity index (χ3v) is 0.959. The summed E-state index contributed by atoms with van der Waals surface area (Å²) in [6.07, 6.45) is 1.47. The van der Waals surface area contributed by atoms with Gasteiger partial charge in [0.1, 0.15) is 6.33 Å². The van der Waals surface area contributed by atoms with Crippen LogP contribution in [0.2, 0.25) is 0 Å². The highest BCUT2D eigenvalue weighted by atomic mass is 35.5. The van der Waals surface area contributed by atoms with Gasteiger partial charge in [-0.2, -0.15) is 5.10 Å². The van der Waals surface area contributed by atoms with Gasteiger partial charge in [-0.05, 0) is 6.92 Å². The molecule has 0 bridgehead atoms. The van der Waals surface area contributed by atoms with Crippen LogP contribution in [0.1, 0.15) is 6.92 Å². The maximum Gasteiger partial charge on any atom is 0.343 e. The molecule has 0 aliphatic heterocycles. The highest BCUT2D eigenvalue weighted by Crippen LogP contribution is 1.69. The second-order valence-corrected chi connectivity index (χ2v) is 1.45. The Morgan fingerprint density at radius 2 is 2.56 bits per heavy atom. The number of halogens is 1. The Hall–Kier alpha value is -0.770. The number of hydrogen-bond donors (Lipinski definition) is 1. The SMILES string of the molecule is CCn1cn[nH]c1=O.Cl. The Bertz CT molecular complexity index is 216. The summed E-state index contributed by atoms with van der Waals surface area (Å²) in [4.78, 5) is 10.5. The molecule has 1 heterocycles. The van der Waals surface area contributed by atoms with Crippen LogP contribution in [0.25, 0.3) is 0 Å². The topological polar surface area (TPSA) is 50.7 Å². The lowest BCUT2D eigenvalue weighted by atomic mass is 10.7. The van der Waals surface area contributed by atoms with E-state index >= 15 is 0 Å². The number of aromatic nitrogens is 3. The van der Waals surface area contributed by atoms with Crippen molar-refractivity contribution in [1.29, 1.82) is 0 Å². The Balaban J connectivity index is 0.000000640. The van der Waals surface area contributed by atoms with Crippen LogP contribution >= 0.6 is 12.4 Å². The van der Waals surface area contributed by atoms with Crippen molar-refractivity contribution in [3.05, 3.63) is 16.8 Å². The predicted octanol–water partition coefficient (Wildman–Crippen LogP) is 0.0131. The maximum atomic E-state index is 10.5. The van der Waals surface area contributed by atoms with E-state index in [0.29, 0.717) is 6.54 Å². The lowest BCUT2D eigenvalue weighted by Gasteiger charge is -1.85. The Labute approximate surface area is 58.3 Å². The molecule has 0 aromatic carbocycles. The first-order valence-electron chi connectivity index (χ1n) is 2.44. The number of rotatable bonds is 1. The molecule has 0 atom stereocenters. The van der Waals surface area contributed by atoms with Crippen LogP contribution in [0.5, 0.6) is 0 Å². The van der Waals surface area contributed by atoms with Gasteiger partial charge < -0.3 is 0 Å². The van der Waals surface area contributed by atoms with Crippen molar-refractivity contribution in [2.75, 3.05) is 0 Å². The van der Waals surface area contributed by atoms with Crippen LogP contribution in [-0.4, -0.2) is 14.8 Å². The number of aryl methyl sites for hydroxylation is 1. The van der Waals surface area contributed by atoms with Crippen molar-refractivity contribution in [1.82, 2.24) is 14.8 Å². The van der Waals surface area contributed by atoms with Gasteiger partial charge in [0, 0.05) is 6.54 Å². The van der Waals surface area contributed by atoms with Crippen molar-refractivity contribution in [3.63, 3.8) is 0 Å². The summed E-state index contributed by atoms with van der Waals surface area (Å²) >= 11 is 0. The predicted molar refractivity (Wildman–Crippen MR) is 35.8 cm³/mol. The van der Waals surface area contributed by atoms with Crippen LogP contribution in [0.15, 0.2) is 11.1 Å². The van der Waals surface area contributed by atoms with Gasteiger partial charge >= 0.3 is 5.69 Å². The summed E-state index contributed by atoms with van der Waals surface area (Å²) in [6.45, 7) is 2.56. The highest BCUT2D eigenvalue weighted by molar-refractivity contribution is 5.85. The standard InChI is InChI=1S/C4H7N3O.ClH/c1-2-7-3-5-6-4(7)8;/h3H,2H2,1H3,(H,6,8);1H. The molecule has 0 saturated heterocycles. The van der Waals surface area contributed by atoms with Crippen molar-refractivity contribution in [3.8, 4) is 0 Å². The third kappa shape index (κ3) is 1.57. The molecule has 0 unspecified atom stereocenters. The summed E-state index contributed by atoms with van der Waals surface area (Å²) in [5.74, 6) is 0. The van der Waals surface area contributed by atoms with E-state index in [1.807, 2.05) is 6.92 Å². The molecule has 9 heavy (non-hydrogen) atoms. The molecule has 4 nitrogen and oxygen atoms in total. The number of hydrogen-bond acceptors (Lipinski definition) is 2. The number of nitrogens with one attached hydrogen (secondary N) is 1. The zero-order valence-corrected chi connectivity index (χ0v) is 5.81. The van der Waals surface area contributed by atoms with Gasteiger partial charge in [0.25, 0.3) is 0 Å². The third-order valence-electron chi connectivity index (χ3n) is 0.959. The average molecular weight is 150 g/mol. The fourth-order valence-corrected chi connectivity index (χ4v) is 0.496. The fourth-order valence-electron chi connectivity index (χ4n) is 0.496. The Morgan fingerprint density at radius 1 is 1.89 bits per heavy atom. The van der Waals surface area contributed by atoms with Crippen molar-refractivity contribution < 1.29 is 0 Å². The second kappa shape index (κ2) is 3.29. The molecule has 1 rings (SSSR count). The molecule has 0 fully saturated rings. The van der Waals surface area contributed by atoms with Gasteiger partial charge in [0.15, 0.2) is 0 Å². The Morgan fingerprint density at radius 3 is 2.78 bits per heavy atom.